The van der Waals surface area contributed by atoms with Gasteiger partial charge in [0.05, 0.1) is 18.7 Å². The molecule has 1 unspecified atom stereocenters. The minimum absolute atomic E-state index is 0.0224. The predicted octanol–water partition coefficient (Wildman–Crippen LogP) is 3.95. The van der Waals surface area contributed by atoms with Gasteiger partial charge in [-0.25, -0.2) is 9.18 Å². The van der Waals surface area contributed by atoms with Crippen molar-refractivity contribution in [1.29, 1.82) is 0 Å². The number of nitrogens with zero attached hydrogens (tertiary/aromatic N) is 2. The molecule has 3 rings (SSSR count). The van der Waals surface area contributed by atoms with Crippen LogP contribution in [-0.4, -0.2) is 30.6 Å². The van der Waals surface area contributed by atoms with E-state index in [1.54, 1.807) is 6.92 Å². The van der Waals surface area contributed by atoms with Crippen LogP contribution in [0, 0.1) is 0 Å². The van der Waals surface area contributed by atoms with Crippen LogP contribution in [0.5, 0.6) is 0 Å². The fraction of sp³-hybridized carbons (Fsp3) is 0.412. The summed E-state index contributed by atoms with van der Waals surface area (Å²) in [5.74, 6) is -0.661. The SMILES string of the molecule is CCOC(=O)c1coc(N2CCC(F)(c3cccc(C(F)(F)F)c3)C2)n1. The molecule has 1 atom stereocenters. The molecule has 1 fully saturated rings. The summed E-state index contributed by atoms with van der Waals surface area (Å²) in [5, 5.41) is 0. The van der Waals surface area contributed by atoms with Crippen molar-refractivity contribution >= 4 is 12.0 Å². The molecule has 9 heteroatoms. The number of carbonyl (C=O) groups excluding carboxylic acids is 1. The fourth-order valence-electron chi connectivity index (χ4n) is 2.85. The molecule has 26 heavy (non-hydrogen) atoms. The largest absolute Gasteiger partial charge is 0.461 e. The van der Waals surface area contributed by atoms with Crippen LogP contribution in [0.2, 0.25) is 0 Å². The molecule has 0 amide bonds. The second-order valence-electron chi connectivity index (χ2n) is 5.95. The monoisotopic (exact) mass is 372 g/mol. The number of esters is 1. The number of halogens is 4. The predicted molar refractivity (Wildman–Crippen MR) is 83.5 cm³/mol. The number of carbonyl (C=O) groups is 1. The Morgan fingerprint density at radius 1 is 1.42 bits per heavy atom. The molecule has 0 saturated carbocycles. The third-order valence-corrected chi connectivity index (χ3v) is 4.17. The number of hydrogen-bond acceptors (Lipinski definition) is 5. The summed E-state index contributed by atoms with van der Waals surface area (Å²) in [5.41, 5.74) is -2.96. The number of oxazole rings is 1. The highest BCUT2D eigenvalue weighted by atomic mass is 19.4. The van der Waals surface area contributed by atoms with Gasteiger partial charge in [0.2, 0.25) is 0 Å². The zero-order chi connectivity index (χ0) is 18.9. The van der Waals surface area contributed by atoms with Crippen LogP contribution in [0.4, 0.5) is 23.6 Å². The van der Waals surface area contributed by atoms with Crippen LogP contribution < -0.4 is 4.90 Å². The molecule has 1 saturated heterocycles. The van der Waals surface area contributed by atoms with E-state index in [1.165, 1.54) is 17.0 Å². The summed E-state index contributed by atoms with van der Waals surface area (Å²) in [7, 11) is 0. The lowest BCUT2D eigenvalue weighted by Crippen LogP contribution is -2.27. The summed E-state index contributed by atoms with van der Waals surface area (Å²) in [6, 6.07) is 4.27. The Morgan fingerprint density at radius 2 is 2.19 bits per heavy atom. The van der Waals surface area contributed by atoms with Crippen molar-refractivity contribution in [2.75, 3.05) is 24.6 Å². The van der Waals surface area contributed by atoms with Crippen LogP contribution in [0.25, 0.3) is 0 Å². The first-order chi connectivity index (χ1) is 12.2. The number of aromatic nitrogens is 1. The second-order valence-corrected chi connectivity index (χ2v) is 5.95. The van der Waals surface area contributed by atoms with Crippen LogP contribution in [0.15, 0.2) is 34.9 Å². The van der Waals surface area contributed by atoms with Gasteiger partial charge in [-0.1, -0.05) is 12.1 Å². The molecule has 2 heterocycles. The Balaban J connectivity index is 1.78. The quantitative estimate of drug-likeness (QED) is 0.601. The van der Waals surface area contributed by atoms with Crippen molar-refractivity contribution < 1.29 is 31.5 Å². The molecular formula is C17H16F4N2O3. The van der Waals surface area contributed by atoms with Gasteiger partial charge in [0.1, 0.15) is 6.26 Å². The summed E-state index contributed by atoms with van der Waals surface area (Å²) in [6.07, 6.45) is -3.46. The van der Waals surface area contributed by atoms with Gasteiger partial charge in [0.15, 0.2) is 11.4 Å². The number of hydrogen-bond donors (Lipinski definition) is 0. The molecule has 0 radical (unpaired) electrons. The van der Waals surface area contributed by atoms with Crippen LogP contribution >= 0.6 is 0 Å². The van der Waals surface area contributed by atoms with Crippen molar-refractivity contribution in [1.82, 2.24) is 4.98 Å². The normalized spacial score (nSPS) is 20.4. The third-order valence-electron chi connectivity index (χ3n) is 4.17. The molecule has 0 N–H and O–H groups in total. The maximum atomic E-state index is 15.3. The zero-order valence-electron chi connectivity index (χ0n) is 13.8. The maximum absolute atomic E-state index is 15.3. The Labute approximate surface area is 146 Å². The van der Waals surface area contributed by atoms with Gasteiger partial charge in [-0.05, 0) is 24.6 Å². The Kier molecular flexibility index (Phi) is 4.64. The highest BCUT2D eigenvalue weighted by Gasteiger charge is 2.43. The summed E-state index contributed by atoms with van der Waals surface area (Å²) in [6.45, 7) is 1.78. The van der Waals surface area contributed by atoms with Gasteiger partial charge in [0.25, 0.3) is 6.01 Å². The molecular weight excluding hydrogens is 356 g/mol. The van der Waals surface area contributed by atoms with Crippen molar-refractivity contribution in [2.45, 2.75) is 25.2 Å². The van der Waals surface area contributed by atoms with Gasteiger partial charge in [0, 0.05) is 13.0 Å². The lowest BCUT2D eigenvalue weighted by molar-refractivity contribution is -0.137. The molecule has 5 nitrogen and oxygen atoms in total. The van der Waals surface area contributed by atoms with Gasteiger partial charge < -0.3 is 14.1 Å². The van der Waals surface area contributed by atoms with E-state index >= 15 is 4.39 Å². The summed E-state index contributed by atoms with van der Waals surface area (Å²) in [4.78, 5) is 17.0. The van der Waals surface area contributed by atoms with E-state index in [1.807, 2.05) is 0 Å². The van der Waals surface area contributed by atoms with E-state index in [0.29, 0.717) is 0 Å². The third kappa shape index (κ3) is 3.51. The molecule has 1 aliphatic rings. The standard InChI is InChI=1S/C17H16F4N2O3/c1-2-25-14(24)13-9-26-15(22-13)23-7-6-16(18,10-23)11-4-3-5-12(8-11)17(19,20)21/h3-5,8-9H,2,6-7,10H2,1H3. The molecule has 140 valence electrons. The van der Waals surface area contributed by atoms with Crippen molar-refractivity contribution in [3.05, 3.63) is 47.3 Å². The summed E-state index contributed by atoms with van der Waals surface area (Å²) >= 11 is 0. The van der Waals surface area contributed by atoms with Gasteiger partial charge in [-0.3, -0.25) is 0 Å². The lowest BCUT2D eigenvalue weighted by atomic mass is 9.93. The molecule has 1 aromatic carbocycles. The van der Waals surface area contributed by atoms with Gasteiger partial charge in [-0.15, -0.1) is 0 Å². The highest BCUT2D eigenvalue weighted by molar-refractivity contribution is 5.87. The molecule has 0 aliphatic carbocycles. The lowest BCUT2D eigenvalue weighted by Gasteiger charge is -2.21. The summed E-state index contributed by atoms with van der Waals surface area (Å²) < 4.78 is 63.8. The van der Waals surface area contributed by atoms with Crippen LogP contribution in [0.3, 0.4) is 0 Å². The van der Waals surface area contributed by atoms with E-state index in [0.717, 1.165) is 18.4 Å². The second kappa shape index (κ2) is 6.62. The minimum Gasteiger partial charge on any atom is -0.461 e. The van der Waals surface area contributed by atoms with E-state index in [4.69, 9.17) is 9.15 Å². The van der Waals surface area contributed by atoms with E-state index in [9.17, 15) is 18.0 Å². The number of alkyl halides is 4. The van der Waals surface area contributed by atoms with E-state index in [-0.39, 0.29) is 43.4 Å². The first-order valence-corrected chi connectivity index (χ1v) is 7.97. The highest BCUT2D eigenvalue weighted by Crippen LogP contribution is 2.40. The Morgan fingerprint density at radius 3 is 2.88 bits per heavy atom. The van der Waals surface area contributed by atoms with E-state index in [2.05, 4.69) is 4.98 Å². The van der Waals surface area contributed by atoms with Crippen molar-refractivity contribution in [3.63, 3.8) is 0 Å². The minimum atomic E-state index is -4.54. The Bertz CT molecular complexity index is 805. The topological polar surface area (TPSA) is 55.6 Å². The average Bonchev–Trinajstić information content (AvgIpc) is 3.22. The maximum Gasteiger partial charge on any atom is 0.416 e. The van der Waals surface area contributed by atoms with Crippen molar-refractivity contribution in [3.8, 4) is 0 Å². The smallest absolute Gasteiger partial charge is 0.416 e. The molecule has 1 aliphatic heterocycles. The van der Waals surface area contributed by atoms with E-state index < -0.39 is 23.4 Å². The average molecular weight is 372 g/mol. The molecule has 2 aromatic rings. The van der Waals surface area contributed by atoms with Gasteiger partial charge in [-0.2, -0.15) is 18.2 Å². The number of ether oxygens (including phenoxy) is 1. The molecule has 1 aromatic heterocycles. The Hall–Kier alpha value is -2.58. The fourth-order valence-corrected chi connectivity index (χ4v) is 2.85. The van der Waals surface area contributed by atoms with Crippen molar-refractivity contribution in [2.24, 2.45) is 0 Å². The molecule has 0 spiro atoms. The van der Waals surface area contributed by atoms with Crippen LogP contribution in [-0.2, 0) is 16.6 Å². The number of rotatable bonds is 4. The van der Waals surface area contributed by atoms with Gasteiger partial charge >= 0.3 is 12.1 Å². The number of benzene rings is 1. The number of anilines is 1. The first kappa shape index (κ1) is 18.2. The molecule has 0 bridgehead atoms. The van der Waals surface area contributed by atoms with Crippen LogP contribution in [0.1, 0.15) is 35.0 Å². The first-order valence-electron chi connectivity index (χ1n) is 7.97. The zero-order valence-corrected chi connectivity index (χ0v) is 13.8.